The highest BCUT2D eigenvalue weighted by atomic mass is 19.3. The van der Waals surface area contributed by atoms with E-state index in [1.54, 1.807) is 16.6 Å². The number of hydrogen-bond acceptors (Lipinski definition) is 5. The Kier molecular flexibility index (Phi) is 6.92. The highest BCUT2D eigenvalue weighted by Gasteiger charge is 2.69. The number of aryl methyl sites for hydroxylation is 1. The van der Waals surface area contributed by atoms with E-state index >= 15 is 4.39 Å². The van der Waals surface area contributed by atoms with Crippen molar-refractivity contribution in [1.29, 1.82) is 0 Å². The van der Waals surface area contributed by atoms with Crippen molar-refractivity contribution in [2.24, 2.45) is 5.92 Å². The molecular formula is C28H31F3N4O3. The summed E-state index contributed by atoms with van der Waals surface area (Å²) < 4.78 is 50.1. The Hall–Kier alpha value is -3.43. The van der Waals surface area contributed by atoms with Gasteiger partial charge in [0.25, 0.3) is 11.8 Å². The molecule has 1 aromatic carbocycles. The number of alkyl halides is 2. The van der Waals surface area contributed by atoms with Crippen LogP contribution in [0.25, 0.3) is 16.9 Å². The fourth-order valence-electron chi connectivity index (χ4n) is 5.45. The molecule has 3 heterocycles. The molecule has 1 amide bonds. The molecule has 1 saturated heterocycles. The average Bonchev–Trinajstić information content (AvgIpc) is 3.28. The summed E-state index contributed by atoms with van der Waals surface area (Å²) in [5.41, 5.74) is 2.10. The molecule has 1 unspecified atom stereocenters. The van der Waals surface area contributed by atoms with E-state index in [2.05, 4.69) is 17.0 Å². The van der Waals surface area contributed by atoms with Crippen LogP contribution in [-0.2, 0) is 16.0 Å². The molecule has 1 saturated carbocycles. The van der Waals surface area contributed by atoms with Gasteiger partial charge in [-0.3, -0.25) is 9.59 Å². The lowest BCUT2D eigenvalue weighted by atomic mass is 10.0. The molecule has 0 bridgehead atoms. The first-order valence-electron chi connectivity index (χ1n) is 13.1. The number of carbonyl (C=O) groups excluding carboxylic acids is 2. The van der Waals surface area contributed by atoms with Gasteiger partial charge in [0.05, 0.1) is 17.5 Å². The zero-order valence-corrected chi connectivity index (χ0v) is 21.7. The predicted octanol–water partition coefficient (Wildman–Crippen LogP) is 5.41. The summed E-state index contributed by atoms with van der Waals surface area (Å²) in [4.78, 5) is 30.8. The Balaban J connectivity index is 1.43. The van der Waals surface area contributed by atoms with Crippen molar-refractivity contribution in [3.63, 3.8) is 0 Å². The Labute approximate surface area is 219 Å². The average molecular weight is 529 g/mol. The van der Waals surface area contributed by atoms with E-state index in [1.807, 2.05) is 11.8 Å². The Morgan fingerprint density at radius 2 is 1.95 bits per heavy atom. The number of carbonyl (C=O) groups is 2. The van der Waals surface area contributed by atoms with Gasteiger partial charge < -0.3 is 9.64 Å². The molecule has 2 fully saturated rings. The molecular weight excluding hydrogens is 497 g/mol. The topological polar surface area (TPSA) is 76.8 Å². The number of nitrogens with zero attached hydrogens (tertiary/aromatic N) is 4. The molecule has 5 rings (SSSR count). The number of ether oxygens (including phenoxy) is 1. The van der Waals surface area contributed by atoms with Crippen molar-refractivity contribution < 1.29 is 27.5 Å². The summed E-state index contributed by atoms with van der Waals surface area (Å²) in [6.07, 6.45) is 4.69. The maximum Gasteiger partial charge on any atom is 0.302 e. The van der Waals surface area contributed by atoms with Gasteiger partial charge in [0.2, 0.25) is 0 Å². The first-order valence-corrected chi connectivity index (χ1v) is 13.1. The fourth-order valence-corrected chi connectivity index (χ4v) is 5.45. The molecule has 0 radical (unpaired) electrons. The number of halogens is 3. The first kappa shape index (κ1) is 26.2. The highest BCUT2D eigenvalue weighted by Crippen LogP contribution is 2.61. The molecule has 1 aliphatic heterocycles. The summed E-state index contributed by atoms with van der Waals surface area (Å²) in [6, 6.07) is 7.46. The van der Waals surface area contributed by atoms with Crippen LogP contribution in [0.1, 0.15) is 74.1 Å². The minimum atomic E-state index is -3.07. The molecule has 7 nitrogen and oxygen atoms in total. The standard InChI is InChI=1S/C28H31F3N4O3/c1-4-19-13-24(27(37)34-11-7-5-6-8-16(34)2)32-25-14-23(33-35(19)25)20-10-9-18(12-22(20)29)26-21(28(26,30)31)15-38-17(3)36/h9-10,12-14,16,21,26H,4-8,11,15H2,1-3H3/t16-,21-,26?/m1/s1. The van der Waals surface area contributed by atoms with Gasteiger partial charge in [-0.15, -0.1) is 0 Å². The second-order valence-corrected chi connectivity index (χ2v) is 10.3. The third-order valence-corrected chi connectivity index (χ3v) is 7.69. The summed E-state index contributed by atoms with van der Waals surface area (Å²) in [6.45, 7) is 5.44. The molecule has 3 atom stereocenters. The van der Waals surface area contributed by atoms with E-state index < -0.39 is 36.2 Å². The number of fused-ring (bicyclic) bond motifs is 1. The first-order chi connectivity index (χ1) is 18.1. The monoisotopic (exact) mass is 528 g/mol. The van der Waals surface area contributed by atoms with Crippen LogP contribution < -0.4 is 0 Å². The van der Waals surface area contributed by atoms with Gasteiger partial charge in [0.15, 0.2) is 5.65 Å². The molecule has 38 heavy (non-hydrogen) atoms. The minimum absolute atomic E-state index is 0.122. The van der Waals surface area contributed by atoms with Gasteiger partial charge in [-0.05, 0) is 49.9 Å². The van der Waals surface area contributed by atoms with Crippen molar-refractivity contribution in [3.8, 4) is 11.3 Å². The van der Waals surface area contributed by atoms with Crippen LogP contribution in [0.2, 0.25) is 0 Å². The lowest BCUT2D eigenvalue weighted by Crippen LogP contribution is -2.38. The molecule has 2 aromatic heterocycles. The summed E-state index contributed by atoms with van der Waals surface area (Å²) in [5.74, 6) is -6.90. The summed E-state index contributed by atoms with van der Waals surface area (Å²) >= 11 is 0. The normalized spacial score (nSPS) is 22.8. The second kappa shape index (κ2) is 10.0. The number of likely N-dealkylation sites (tertiary alicyclic amines) is 1. The zero-order chi connectivity index (χ0) is 27.2. The largest absolute Gasteiger partial charge is 0.465 e. The smallest absolute Gasteiger partial charge is 0.302 e. The van der Waals surface area contributed by atoms with E-state index in [4.69, 9.17) is 4.74 Å². The van der Waals surface area contributed by atoms with Crippen molar-refractivity contribution in [2.75, 3.05) is 13.2 Å². The van der Waals surface area contributed by atoms with Crippen LogP contribution >= 0.6 is 0 Å². The molecule has 0 N–H and O–H groups in total. The van der Waals surface area contributed by atoms with E-state index in [1.165, 1.54) is 12.1 Å². The van der Waals surface area contributed by atoms with E-state index in [0.717, 1.165) is 44.4 Å². The predicted molar refractivity (Wildman–Crippen MR) is 135 cm³/mol. The van der Waals surface area contributed by atoms with Crippen molar-refractivity contribution >= 4 is 17.5 Å². The molecule has 2 aliphatic rings. The van der Waals surface area contributed by atoms with Crippen molar-refractivity contribution in [1.82, 2.24) is 19.5 Å². The van der Waals surface area contributed by atoms with Crippen LogP contribution in [0, 0.1) is 11.7 Å². The molecule has 3 aromatic rings. The molecule has 10 heteroatoms. The van der Waals surface area contributed by atoms with Crippen LogP contribution in [0.4, 0.5) is 13.2 Å². The number of esters is 1. The fraction of sp³-hybridized carbons (Fsp3) is 0.500. The van der Waals surface area contributed by atoms with Crippen LogP contribution in [0.15, 0.2) is 30.3 Å². The summed E-state index contributed by atoms with van der Waals surface area (Å²) in [5, 5.41) is 4.52. The summed E-state index contributed by atoms with van der Waals surface area (Å²) in [7, 11) is 0. The molecule has 0 spiro atoms. The van der Waals surface area contributed by atoms with Gasteiger partial charge in [0, 0.05) is 36.8 Å². The maximum absolute atomic E-state index is 15.2. The van der Waals surface area contributed by atoms with Crippen molar-refractivity contribution in [3.05, 3.63) is 53.1 Å². The van der Waals surface area contributed by atoms with Crippen LogP contribution in [0.3, 0.4) is 0 Å². The Bertz CT molecular complexity index is 1390. The third-order valence-electron chi connectivity index (χ3n) is 7.69. The minimum Gasteiger partial charge on any atom is -0.465 e. The molecule has 1 aliphatic carbocycles. The Morgan fingerprint density at radius 1 is 1.16 bits per heavy atom. The van der Waals surface area contributed by atoms with Crippen LogP contribution in [0.5, 0.6) is 0 Å². The second-order valence-electron chi connectivity index (χ2n) is 10.3. The van der Waals surface area contributed by atoms with Gasteiger partial charge in [-0.1, -0.05) is 25.8 Å². The number of aromatic nitrogens is 3. The van der Waals surface area contributed by atoms with E-state index in [-0.39, 0.29) is 23.1 Å². The molecule has 202 valence electrons. The third kappa shape index (κ3) is 4.76. The number of amides is 1. The lowest BCUT2D eigenvalue weighted by Gasteiger charge is -2.27. The SMILES string of the molecule is CCc1cc(C(=O)N2CCCCC[C@H]2C)nc2cc(-c3ccc(C4[C@@H](COC(C)=O)C4(F)F)cc3F)nn12. The van der Waals surface area contributed by atoms with E-state index in [9.17, 15) is 18.4 Å². The van der Waals surface area contributed by atoms with Gasteiger partial charge in [-0.2, -0.15) is 5.10 Å². The van der Waals surface area contributed by atoms with Crippen molar-refractivity contribution in [2.45, 2.75) is 70.8 Å². The highest BCUT2D eigenvalue weighted by molar-refractivity contribution is 5.93. The zero-order valence-electron chi connectivity index (χ0n) is 21.7. The van der Waals surface area contributed by atoms with Gasteiger partial charge in [-0.25, -0.2) is 22.7 Å². The van der Waals surface area contributed by atoms with E-state index in [0.29, 0.717) is 30.0 Å². The Morgan fingerprint density at radius 3 is 2.66 bits per heavy atom. The van der Waals surface area contributed by atoms with Gasteiger partial charge in [0.1, 0.15) is 18.1 Å². The number of benzene rings is 1. The number of rotatable bonds is 6. The quantitative estimate of drug-likeness (QED) is 0.400. The maximum atomic E-state index is 15.2. The van der Waals surface area contributed by atoms with Gasteiger partial charge >= 0.3 is 5.97 Å². The number of hydrogen-bond donors (Lipinski definition) is 0. The lowest BCUT2D eigenvalue weighted by molar-refractivity contribution is -0.142. The van der Waals surface area contributed by atoms with Crippen LogP contribution in [-0.4, -0.2) is 56.5 Å².